The molecule has 2 rings (SSSR count). The molecule has 2 N–H and O–H groups in total. The second kappa shape index (κ2) is 9.58. The molecule has 2 heterocycles. The van der Waals surface area contributed by atoms with Crippen molar-refractivity contribution in [2.75, 3.05) is 46.8 Å². The van der Waals surface area contributed by atoms with Crippen LogP contribution < -0.4 is 0 Å². The third-order valence-corrected chi connectivity index (χ3v) is 5.05. The van der Waals surface area contributed by atoms with Crippen molar-refractivity contribution >= 4 is 18.3 Å². The molecule has 0 saturated carbocycles. The summed E-state index contributed by atoms with van der Waals surface area (Å²) < 4.78 is 0. The molecule has 1 spiro atoms. The lowest BCUT2D eigenvalue weighted by atomic mass is 9.83. The van der Waals surface area contributed by atoms with Crippen molar-refractivity contribution in [1.82, 2.24) is 14.7 Å². The molecule has 2 aliphatic rings. The fourth-order valence-corrected chi connectivity index (χ4v) is 3.40. The SMILES string of the molecule is CN1CCC2(CC1)CN(C(=O)CCCC(=O)O)CCN2C.O=CO. The lowest BCUT2D eigenvalue weighted by Crippen LogP contribution is -2.64. The number of carbonyl (C=O) groups is 3. The van der Waals surface area contributed by atoms with Crippen LogP contribution in [-0.2, 0) is 14.4 Å². The maximum atomic E-state index is 12.3. The number of carboxylic acid groups (broad SMARTS) is 2. The number of rotatable bonds is 4. The Kier molecular flexibility index (Phi) is 8.14. The first kappa shape index (κ1) is 20.4. The van der Waals surface area contributed by atoms with Crippen LogP contribution in [0, 0.1) is 0 Å². The molecule has 0 aromatic heterocycles. The van der Waals surface area contributed by atoms with Crippen molar-refractivity contribution in [2.24, 2.45) is 0 Å². The highest BCUT2D eigenvalue weighted by Crippen LogP contribution is 2.31. The number of hydrogen-bond donors (Lipinski definition) is 2. The van der Waals surface area contributed by atoms with Gasteiger partial charge in [0.25, 0.3) is 6.47 Å². The average molecular weight is 343 g/mol. The Morgan fingerprint density at radius 2 is 1.67 bits per heavy atom. The number of likely N-dealkylation sites (tertiary alicyclic amines) is 1. The van der Waals surface area contributed by atoms with Gasteiger partial charge in [0.2, 0.25) is 5.91 Å². The van der Waals surface area contributed by atoms with Crippen LogP contribution in [0.4, 0.5) is 0 Å². The Hall–Kier alpha value is -1.67. The fraction of sp³-hybridized carbons (Fsp3) is 0.812. The lowest BCUT2D eigenvalue weighted by molar-refractivity contribution is -0.139. The van der Waals surface area contributed by atoms with Gasteiger partial charge in [-0.2, -0.15) is 0 Å². The fourth-order valence-electron chi connectivity index (χ4n) is 3.40. The monoisotopic (exact) mass is 343 g/mol. The van der Waals surface area contributed by atoms with Crippen LogP contribution in [0.1, 0.15) is 32.1 Å². The van der Waals surface area contributed by atoms with Gasteiger partial charge >= 0.3 is 5.97 Å². The zero-order valence-electron chi connectivity index (χ0n) is 14.6. The molecule has 8 heteroatoms. The predicted octanol–water partition coefficient (Wildman–Crippen LogP) is 0.181. The molecule has 0 unspecified atom stereocenters. The first-order valence-electron chi connectivity index (χ1n) is 8.32. The molecule has 2 aliphatic heterocycles. The zero-order valence-corrected chi connectivity index (χ0v) is 14.6. The summed E-state index contributed by atoms with van der Waals surface area (Å²) in [7, 11) is 4.31. The molecule has 0 atom stereocenters. The van der Waals surface area contributed by atoms with Crippen molar-refractivity contribution < 1.29 is 24.6 Å². The van der Waals surface area contributed by atoms with E-state index in [1.165, 1.54) is 0 Å². The molecule has 0 aromatic carbocycles. The van der Waals surface area contributed by atoms with Gasteiger partial charge in [-0.3, -0.25) is 19.3 Å². The molecular weight excluding hydrogens is 314 g/mol. The molecule has 0 bridgehead atoms. The summed E-state index contributed by atoms with van der Waals surface area (Å²) in [5, 5.41) is 15.5. The molecule has 0 aliphatic carbocycles. The van der Waals surface area contributed by atoms with E-state index in [-0.39, 0.29) is 24.3 Å². The van der Waals surface area contributed by atoms with E-state index in [0.29, 0.717) is 12.8 Å². The quantitative estimate of drug-likeness (QED) is 0.702. The Labute approximate surface area is 143 Å². The molecule has 2 saturated heterocycles. The first-order valence-corrected chi connectivity index (χ1v) is 8.32. The maximum absolute atomic E-state index is 12.3. The smallest absolute Gasteiger partial charge is 0.303 e. The van der Waals surface area contributed by atoms with Crippen LogP contribution in [0.15, 0.2) is 0 Å². The summed E-state index contributed by atoms with van der Waals surface area (Å²) in [4.78, 5) is 37.9. The van der Waals surface area contributed by atoms with Crippen LogP contribution in [0.25, 0.3) is 0 Å². The number of piperidine rings is 1. The third-order valence-electron chi connectivity index (χ3n) is 5.05. The minimum Gasteiger partial charge on any atom is -0.483 e. The molecule has 138 valence electrons. The summed E-state index contributed by atoms with van der Waals surface area (Å²) in [6.07, 6.45) is 3.06. The molecule has 1 amide bonds. The number of likely N-dealkylation sites (N-methyl/N-ethyl adjacent to an activating group) is 1. The van der Waals surface area contributed by atoms with E-state index in [2.05, 4.69) is 23.9 Å². The minimum atomic E-state index is -0.826. The number of hydrogen-bond acceptors (Lipinski definition) is 5. The second-order valence-electron chi connectivity index (χ2n) is 6.62. The van der Waals surface area contributed by atoms with Crippen LogP contribution in [0.3, 0.4) is 0 Å². The number of carboxylic acids is 1. The normalized spacial score (nSPS) is 21.0. The largest absolute Gasteiger partial charge is 0.483 e. The van der Waals surface area contributed by atoms with Gasteiger partial charge in [-0.1, -0.05) is 0 Å². The van der Waals surface area contributed by atoms with E-state index >= 15 is 0 Å². The second-order valence-corrected chi connectivity index (χ2v) is 6.62. The number of carbonyl (C=O) groups excluding carboxylic acids is 1. The van der Waals surface area contributed by atoms with Gasteiger partial charge in [0, 0.05) is 38.0 Å². The Morgan fingerprint density at radius 1 is 1.08 bits per heavy atom. The topological polar surface area (TPSA) is 101 Å². The standard InChI is InChI=1S/C15H27N3O3.CH2O2/c1-16-8-6-15(7-9-16)12-18(11-10-17(15)2)13(19)4-3-5-14(20)21;2-1-3/h3-12H2,1-2H3,(H,20,21);1H,(H,2,3). The first-order chi connectivity index (χ1) is 11.3. The summed E-state index contributed by atoms with van der Waals surface area (Å²) in [5.41, 5.74) is 0.118. The van der Waals surface area contributed by atoms with Gasteiger partial charge < -0.3 is 20.0 Å². The van der Waals surface area contributed by atoms with E-state index in [4.69, 9.17) is 15.0 Å². The van der Waals surface area contributed by atoms with Gasteiger partial charge in [-0.15, -0.1) is 0 Å². The Morgan fingerprint density at radius 3 is 2.21 bits per heavy atom. The average Bonchev–Trinajstić information content (AvgIpc) is 2.53. The highest BCUT2D eigenvalue weighted by molar-refractivity contribution is 5.77. The molecule has 2 fully saturated rings. The molecule has 0 radical (unpaired) electrons. The van der Waals surface area contributed by atoms with E-state index < -0.39 is 5.97 Å². The molecule has 0 aromatic rings. The zero-order chi connectivity index (χ0) is 18.2. The summed E-state index contributed by atoms with van der Waals surface area (Å²) in [6, 6.07) is 0. The van der Waals surface area contributed by atoms with Gasteiger partial charge in [0.15, 0.2) is 0 Å². The van der Waals surface area contributed by atoms with Gasteiger partial charge in [0.05, 0.1) is 0 Å². The Bertz CT molecular complexity index is 435. The van der Waals surface area contributed by atoms with Crippen molar-refractivity contribution in [2.45, 2.75) is 37.6 Å². The van der Waals surface area contributed by atoms with Crippen molar-refractivity contribution in [3.05, 3.63) is 0 Å². The van der Waals surface area contributed by atoms with Crippen molar-refractivity contribution in [3.63, 3.8) is 0 Å². The lowest BCUT2D eigenvalue weighted by Gasteiger charge is -2.52. The molecular formula is C16H29N3O5. The van der Waals surface area contributed by atoms with Crippen LogP contribution in [-0.4, -0.2) is 95.6 Å². The number of nitrogens with zero attached hydrogens (tertiary/aromatic N) is 3. The Balaban J connectivity index is 0.000000891. The summed E-state index contributed by atoms with van der Waals surface area (Å²) in [5.74, 6) is -0.712. The van der Waals surface area contributed by atoms with Crippen LogP contribution in [0.2, 0.25) is 0 Å². The number of amides is 1. The molecule has 8 nitrogen and oxygen atoms in total. The van der Waals surface area contributed by atoms with Gasteiger partial charge in [-0.05, 0) is 46.4 Å². The van der Waals surface area contributed by atoms with E-state index in [9.17, 15) is 9.59 Å². The predicted molar refractivity (Wildman–Crippen MR) is 88.9 cm³/mol. The highest BCUT2D eigenvalue weighted by atomic mass is 16.4. The summed E-state index contributed by atoms with van der Waals surface area (Å²) in [6.45, 7) is 4.37. The van der Waals surface area contributed by atoms with Crippen molar-refractivity contribution in [3.8, 4) is 0 Å². The van der Waals surface area contributed by atoms with E-state index in [1.807, 2.05) is 4.90 Å². The number of aliphatic carboxylic acids is 1. The van der Waals surface area contributed by atoms with Crippen molar-refractivity contribution in [1.29, 1.82) is 0 Å². The maximum Gasteiger partial charge on any atom is 0.303 e. The van der Waals surface area contributed by atoms with Gasteiger partial charge in [-0.25, -0.2) is 0 Å². The van der Waals surface area contributed by atoms with Gasteiger partial charge in [0.1, 0.15) is 0 Å². The van der Waals surface area contributed by atoms with E-state index in [0.717, 1.165) is 45.6 Å². The highest BCUT2D eigenvalue weighted by Gasteiger charge is 2.42. The third kappa shape index (κ3) is 5.76. The molecule has 24 heavy (non-hydrogen) atoms. The van der Waals surface area contributed by atoms with Crippen LogP contribution >= 0.6 is 0 Å². The minimum absolute atomic E-state index is 0.0788. The van der Waals surface area contributed by atoms with E-state index in [1.54, 1.807) is 0 Å². The van der Waals surface area contributed by atoms with Crippen LogP contribution in [0.5, 0.6) is 0 Å². The number of piperazine rings is 1. The summed E-state index contributed by atoms with van der Waals surface area (Å²) >= 11 is 0.